The summed E-state index contributed by atoms with van der Waals surface area (Å²) in [6, 6.07) is 6.06. The number of hydrogen-bond acceptors (Lipinski definition) is 1. The maximum atomic E-state index is 13.9. The molecule has 0 spiro atoms. The van der Waals surface area contributed by atoms with Crippen molar-refractivity contribution in [2.75, 3.05) is 6.54 Å². The van der Waals surface area contributed by atoms with E-state index in [0.29, 0.717) is 6.42 Å². The number of hydrogen-bond donors (Lipinski definition) is 1. The Labute approximate surface area is 88.5 Å². The highest BCUT2D eigenvalue weighted by atomic mass is 19.1. The fraction of sp³-hybridized carbons (Fsp3) is 0.500. The Kier molecular flexibility index (Phi) is 2.74. The molecule has 1 aliphatic rings. The molecule has 15 heavy (non-hydrogen) atoms. The summed E-state index contributed by atoms with van der Waals surface area (Å²) in [5.74, 6) is -0.284. The molecule has 3 heteroatoms. The summed E-state index contributed by atoms with van der Waals surface area (Å²) in [6.07, 6.45) is 0.524. The van der Waals surface area contributed by atoms with E-state index in [1.165, 1.54) is 12.1 Å². The first-order chi connectivity index (χ1) is 7.13. The van der Waals surface area contributed by atoms with Gasteiger partial charge in [0.1, 0.15) is 12.0 Å². The monoisotopic (exact) mass is 211 g/mol. The predicted octanol–water partition coefficient (Wildman–Crippen LogP) is 2.76. The van der Waals surface area contributed by atoms with Crippen LogP contribution in [0.4, 0.5) is 8.78 Å². The zero-order valence-electron chi connectivity index (χ0n) is 8.76. The normalized spacial score (nSPS) is 31.5. The molecule has 2 rings (SSSR count). The van der Waals surface area contributed by atoms with Gasteiger partial charge in [-0.25, -0.2) is 8.78 Å². The first-order valence-corrected chi connectivity index (χ1v) is 5.28. The highest BCUT2D eigenvalue weighted by Gasteiger charge is 2.37. The molecule has 2 unspecified atom stereocenters. The van der Waals surface area contributed by atoms with Gasteiger partial charge < -0.3 is 5.32 Å². The maximum absolute atomic E-state index is 13.9. The zero-order chi connectivity index (χ0) is 10.9. The summed E-state index contributed by atoms with van der Waals surface area (Å²) >= 11 is 0. The topological polar surface area (TPSA) is 12.0 Å². The molecular formula is C12H15F2N. The molecule has 0 aromatic heterocycles. The van der Waals surface area contributed by atoms with E-state index in [9.17, 15) is 8.78 Å². The molecule has 1 aliphatic heterocycles. The average Bonchev–Trinajstić information content (AvgIpc) is 2.23. The van der Waals surface area contributed by atoms with Gasteiger partial charge in [0.2, 0.25) is 0 Å². The molecule has 0 radical (unpaired) electrons. The van der Waals surface area contributed by atoms with Crippen LogP contribution in [0.3, 0.4) is 0 Å². The number of nitrogens with one attached hydrogen (secondary N) is 1. The maximum Gasteiger partial charge on any atom is 0.123 e. The Hall–Kier alpha value is -0.960. The van der Waals surface area contributed by atoms with Crippen molar-refractivity contribution in [2.45, 2.75) is 31.5 Å². The highest BCUT2D eigenvalue weighted by Crippen LogP contribution is 2.32. The number of halogens is 2. The summed E-state index contributed by atoms with van der Waals surface area (Å²) in [4.78, 5) is 0. The largest absolute Gasteiger partial charge is 0.305 e. The first-order valence-electron chi connectivity index (χ1n) is 5.28. The number of rotatable bonds is 1. The molecule has 0 saturated carbocycles. The minimum atomic E-state index is -0.906. The van der Waals surface area contributed by atoms with Crippen LogP contribution in [0, 0.1) is 5.82 Å². The van der Waals surface area contributed by atoms with Crippen molar-refractivity contribution in [3.63, 3.8) is 0 Å². The van der Waals surface area contributed by atoms with Gasteiger partial charge in [0, 0.05) is 0 Å². The van der Waals surface area contributed by atoms with Crippen LogP contribution in [0.25, 0.3) is 0 Å². The van der Waals surface area contributed by atoms with E-state index in [1.807, 2.05) is 6.92 Å². The molecule has 1 saturated heterocycles. The van der Waals surface area contributed by atoms with Crippen LogP contribution < -0.4 is 5.32 Å². The van der Waals surface area contributed by atoms with Gasteiger partial charge in [0.15, 0.2) is 0 Å². The van der Waals surface area contributed by atoms with E-state index >= 15 is 0 Å². The summed E-state index contributed by atoms with van der Waals surface area (Å²) < 4.78 is 26.6. The summed E-state index contributed by atoms with van der Waals surface area (Å²) in [7, 11) is 0. The Morgan fingerprint density at radius 1 is 1.33 bits per heavy atom. The van der Waals surface area contributed by atoms with Gasteiger partial charge in [0.05, 0.1) is 5.54 Å². The molecule has 0 bridgehead atoms. The number of benzene rings is 1. The van der Waals surface area contributed by atoms with Crippen LogP contribution >= 0.6 is 0 Å². The van der Waals surface area contributed by atoms with Gasteiger partial charge in [-0.05, 0) is 44.0 Å². The lowest BCUT2D eigenvalue weighted by molar-refractivity contribution is 0.121. The van der Waals surface area contributed by atoms with E-state index in [4.69, 9.17) is 0 Å². The minimum absolute atomic E-state index is 0.284. The van der Waals surface area contributed by atoms with Gasteiger partial charge in [-0.15, -0.1) is 0 Å². The second kappa shape index (κ2) is 3.89. The fourth-order valence-corrected chi connectivity index (χ4v) is 2.11. The summed E-state index contributed by atoms with van der Waals surface area (Å²) in [5.41, 5.74) is 0.155. The summed E-state index contributed by atoms with van der Waals surface area (Å²) in [6.45, 7) is 2.65. The van der Waals surface area contributed by atoms with Crippen molar-refractivity contribution < 1.29 is 8.78 Å². The molecule has 1 fully saturated rings. The predicted molar refractivity (Wildman–Crippen MR) is 55.9 cm³/mol. The Bertz CT molecular complexity index is 336. The number of alkyl halides is 1. The van der Waals surface area contributed by atoms with E-state index in [0.717, 1.165) is 18.5 Å². The van der Waals surface area contributed by atoms with Crippen LogP contribution in [0.15, 0.2) is 24.3 Å². The molecule has 2 atom stereocenters. The average molecular weight is 211 g/mol. The standard InChI is InChI=1S/C12H15F2N/c1-12(11(14)3-2-8-15-12)9-4-6-10(13)7-5-9/h4-7,11,15H,2-3,8H2,1H3. The minimum Gasteiger partial charge on any atom is -0.305 e. The van der Waals surface area contributed by atoms with Gasteiger partial charge in [0.25, 0.3) is 0 Å². The molecule has 82 valence electrons. The Morgan fingerprint density at radius 2 is 2.00 bits per heavy atom. The molecular weight excluding hydrogens is 196 g/mol. The Morgan fingerprint density at radius 3 is 2.60 bits per heavy atom. The fourth-order valence-electron chi connectivity index (χ4n) is 2.11. The van der Waals surface area contributed by atoms with Gasteiger partial charge in [-0.3, -0.25) is 0 Å². The first kappa shape index (κ1) is 10.6. The highest BCUT2D eigenvalue weighted by molar-refractivity contribution is 5.26. The van der Waals surface area contributed by atoms with Crippen LogP contribution in [0.1, 0.15) is 25.3 Å². The van der Waals surface area contributed by atoms with E-state index < -0.39 is 11.7 Å². The summed E-state index contributed by atoms with van der Waals surface area (Å²) in [5, 5.41) is 3.18. The SMILES string of the molecule is CC1(c2ccc(F)cc2)NCCCC1F. The molecule has 0 amide bonds. The second-order valence-corrected chi connectivity index (χ2v) is 4.25. The smallest absolute Gasteiger partial charge is 0.123 e. The van der Waals surface area contributed by atoms with Gasteiger partial charge in [-0.1, -0.05) is 12.1 Å². The van der Waals surface area contributed by atoms with E-state index in [2.05, 4.69) is 5.32 Å². The van der Waals surface area contributed by atoms with Gasteiger partial charge in [-0.2, -0.15) is 0 Å². The van der Waals surface area contributed by atoms with Crippen LogP contribution in [0.2, 0.25) is 0 Å². The van der Waals surface area contributed by atoms with Gasteiger partial charge >= 0.3 is 0 Å². The molecule has 1 heterocycles. The third kappa shape index (κ3) is 1.88. The van der Waals surface area contributed by atoms with Crippen molar-refractivity contribution in [2.24, 2.45) is 0 Å². The molecule has 1 aromatic carbocycles. The van der Waals surface area contributed by atoms with Crippen LogP contribution in [0.5, 0.6) is 0 Å². The van der Waals surface area contributed by atoms with Crippen molar-refractivity contribution in [1.29, 1.82) is 0 Å². The third-order valence-electron chi connectivity index (χ3n) is 3.20. The van der Waals surface area contributed by atoms with E-state index in [1.54, 1.807) is 12.1 Å². The second-order valence-electron chi connectivity index (χ2n) is 4.25. The Balaban J connectivity index is 2.30. The lowest BCUT2D eigenvalue weighted by Gasteiger charge is -2.38. The molecule has 0 aliphatic carbocycles. The lowest BCUT2D eigenvalue weighted by Crippen LogP contribution is -2.51. The lowest BCUT2D eigenvalue weighted by atomic mass is 9.82. The van der Waals surface area contributed by atoms with Crippen molar-refractivity contribution in [1.82, 2.24) is 5.32 Å². The zero-order valence-corrected chi connectivity index (χ0v) is 8.76. The number of piperidine rings is 1. The van der Waals surface area contributed by atoms with Crippen molar-refractivity contribution >= 4 is 0 Å². The van der Waals surface area contributed by atoms with Crippen LogP contribution in [-0.4, -0.2) is 12.7 Å². The van der Waals surface area contributed by atoms with Crippen molar-refractivity contribution in [3.8, 4) is 0 Å². The molecule has 1 N–H and O–H groups in total. The molecule has 1 nitrogen and oxygen atoms in total. The molecule has 1 aromatic rings. The van der Waals surface area contributed by atoms with E-state index in [-0.39, 0.29) is 5.82 Å². The van der Waals surface area contributed by atoms with Crippen LogP contribution in [-0.2, 0) is 5.54 Å². The third-order valence-corrected chi connectivity index (χ3v) is 3.20. The quantitative estimate of drug-likeness (QED) is 0.753. The van der Waals surface area contributed by atoms with Crippen molar-refractivity contribution in [3.05, 3.63) is 35.6 Å².